The number of nitrogens with two attached hydrogens (primary N) is 1. The summed E-state index contributed by atoms with van der Waals surface area (Å²) in [6.45, 7) is 12.2. The largest absolute Gasteiger partial charge is 0.498 e. The summed E-state index contributed by atoms with van der Waals surface area (Å²) in [4.78, 5) is 11.4. The highest BCUT2D eigenvalue weighted by atomic mass is 32.2. The van der Waals surface area contributed by atoms with Crippen molar-refractivity contribution in [3.63, 3.8) is 0 Å². The zero-order valence-electron chi connectivity index (χ0n) is 15.7. The van der Waals surface area contributed by atoms with E-state index in [1.165, 1.54) is 6.42 Å². The minimum atomic E-state index is -0.399. The first-order valence-corrected chi connectivity index (χ1v) is 10.0. The maximum atomic E-state index is 6.04. The van der Waals surface area contributed by atoms with Crippen molar-refractivity contribution in [2.75, 3.05) is 31.9 Å². The molecule has 3 rings (SSSR count). The van der Waals surface area contributed by atoms with Crippen LogP contribution in [0.1, 0.15) is 34.1 Å². The van der Waals surface area contributed by atoms with Crippen molar-refractivity contribution >= 4 is 24.3 Å². The molecule has 0 aromatic carbocycles. The quantitative estimate of drug-likeness (QED) is 0.461. The van der Waals surface area contributed by atoms with Gasteiger partial charge in [-0.25, -0.2) is 9.97 Å². The number of likely N-dealkylation sites (tertiary alicyclic amines) is 1. The molecular weight excluding hydrogens is 335 g/mol. The molecule has 1 aromatic rings. The lowest BCUT2D eigenvalue weighted by Gasteiger charge is -2.32. The van der Waals surface area contributed by atoms with Crippen molar-refractivity contribution in [3.8, 4) is 0 Å². The smallest absolute Gasteiger partial charge is 0.399 e. The van der Waals surface area contributed by atoms with E-state index in [-0.39, 0.29) is 11.2 Å². The molecule has 0 aliphatic carbocycles. The summed E-state index contributed by atoms with van der Waals surface area (Å²) < 4.78 is 12.1. The molecule has 2 saturated heterocycles. The van der Waals surface area contributed by atoms with Gasteiger partial charge in [-0.05, 0) is 46.6 Å². The molecule has 3 heterocycles. The molecule has 2 aliphatic rings. The Labute approximate surface area is 155 Å². The Bertz CT molecular complexity index is 569. The molecule has 0 radical (unpaired) electrons. The first-order chi connectivity index (χ1) is 11.8. The fourth-order valence-corrected chi connectivity index (χ4v) is 4.04. The molecule has 0 saturated carbocycles. The molecule has 2 aliphatic heterocycles. The van der Waals surface area contributed by atoms with E-state index in [2.05, 4.69) is 14.9 Å². The van der Waals surface area contributed by atoms with Gasteiger partial charge in [-0.15, -0.1) is 0 Å². The molecule has 1 atom stereocenters. The highest BCUT2D eigenvalue weighted by Gasteiger charge is 2.51. The highest BCUT2D eigenvalue weighted by Crippen LogP contribution is 2.36. The zero-order chi connectivity index (χ0) is 18.1. The van der Waals surface area contributed by atoms with E-state index in [9.17, 15) is 0 Å². The third kappa shape index (κ3) is 4.36. The van der Waals surface area contributed by atoms with Crippen LogP contribution < -0.4 is 11.2 Å². The van der Waals surface area contributed by atoms with Crippen LogP contribution in [-0.4, -0.2) is 65.1 Å². The van der Waals surface area contributed by atoms with Gasteiger partial charge in [0.2, 0.25) is 0 Å². The summed E-state index contributed by atoms with van der Waals surface area (Å²) in [6.07, 6.45) is 4.89. The van der Waals surface area contributed by atoms with Crippen molar-refractivity contribution in [1.29, 1.82) is 0 Å². The molecule has 6 nitrogen and oxygen atoms in total. The van der Waals surface area contributed by atoms with Gasteiger partial charge in [0.1, 0.15) is 0 Å². The van der Waals surface area contributed by atoms with Gasteiger partial charge < -0.3 is 19.9 Å². The highest BCUT2D eigenvalue weighted by molar-refractivity contribution is 7.99. The molecule has 1 aromatic heterocycles. The molecule has 0 bridgehead atoms. The maximum Gasteiger partial charge on any atom is 0.498 e. The van der Waals surface area contributed by atoms with E-state index in [0.29, 0.717) is 5.92 Å². The second-order valence-corrected chi connectivity index (χ2v) is 8.93. The van der Waals surface area contributed by atoms with E-state index < -0.39 is 7.12 Å². The van der Waals surface area contributed by atoms with Gasteiger partial charge >= 0.3 is 7.12 Å². The number of rotatable bonds is 6. The number of thioether (sulfide) groups is 1. The van der Waals surface area contributed by atoms with Gasteiger partial charge in [-0.3, -0.25) is 0 Å². The molecule has 0 amide bonds. The first kappa shape index (κ1) is 19.1. The van der Waals surface area contributed by atoms with Crippen LogP contribution in [0.5, 0.6) is 0 Å². The van der Waals surface area contributed by atoms with Crippen LogP contribution in [0.25, 0.3) is 0 Å². The first-order valence-electron chi connectivity index (χ1n) is 9.03. The Balaban J connectivity index is 1.52. The van der Waals surface area contributed by atoms with Gasteiger partial charge in [-0.2, -0.15) is 0 Å². The molecule has 2 fully saturated rings. The molecule has 0 spiro atoms. The Hall–Kier alpha value is -0.665. The number of nitrogens with zero attached hydrogens (tertiary/aromatic N) is 3. The van der Waals surface area contributed by atoms with Crippen molar-refractivity contribution in [2.24, 2.45) is 11.7 Å². The monoisotopic (exact) mass is 364 g/mol. The predicted octanol–water partition coefficient (Wildman–Crippen LogP) is 1.15. The summed E-state index contributed by atoms with van der Waals surface area (Å²) in [6, 6.07) is 0. The van der Waals surface area contributed by atoms with Crippen LogP contribution >= 0.6 is 11.8 Å². The van der Waals surface area contributed by atoms with Gasteiger partial charge in [0.05, 0.1) is 11.2 Å². The maximum absolute atomic E-state index is 6.04. The third-order valence-electron chi connectivity index (χ3n) is 5.44. The topological polar surface area (TPSA) is 73.5 Å². The van der Waals surface area contributed by atoms with Crippen LogP contribution in [0.3, 0.4) is 0 Å². The lowest BCUT2D eigenvalue weighted by Crippen LogP contribution is -2.41. The number of aromatic nitrogens is 2. The minimum absolute atomic E-state index is 0.344. The van der Waals surface area contributed by atoms with Crippen molar-refractivity contribution in [2.45, 2.75) is 50.5 Å². The lowest BCUT2D eigenvalue weighted by molar-refractivity contribution is 0.00578. The van der Waals surface area contributed by atoms with Crippen LogP contribution in [0, 0.1) is 5.92 Å². The molecule has 8 heteroatoms. The minimum Gasteiger partial charge on any atom is -0.399 e. The zero-order valence-corrected chi connectivity index (χ0v) is 16.5. The fraction of sp³-hybridized carbons (Fsp3) is 0.765. The van der Waals surface area contributed by atoms with Crippen molar-refractivity contribution in [1.82, 2.24) is 14.9 Å². The average Bonchev–Trinajstić information content (AvgIpc) is 3.08. The van der Waals surface area contributed by atoms with E-state index in [1.54, 1.807) is 11.8 Å². The number of hydrogen-bond acceptors (Lipinski definition) is 7. The Morgan fingerprint density at radius 3 is 2.48 bits per heavy atom. The second kappa shape index (κ2) is 7.52. The Kier molecular flexibility index (Phi) is 5.75. The second-order valence-electron chi connectivity index (χ2n) is 7.94. The summed E-state index contributed by atoms with van der Waals surface area (Å²) in [7, 11) is -0.399. The van der Waals surface area contributed by atoms with Crippen LogP contribution in [-0.2, 0) is 9.31 Å². The van der Waals surface area contributed by atoms with Crippen LogP contribution in [0.2, 0.25) is 0 Å². The normalized spacial score (nSPS) is 25.6. The van der Waals surface area contributed by atoms with Gasteiger partial charge in [0.25, 0.3) is 0 Å². The average molecular weight is 364 g/mol. The molecule has 1 unspecified atom stereocenters. The molecule has 2 N–H and O–H groups in total. The van der Waals surface area contributed by atoms with Crippen LogP contribution in [0.15, 0.2) is 17.6 Å². The summed E-state index contributed by atoms with van der Waals surface area (Å²) in [5, 5.41) is 0.817. The van der Waals surface area contributed by atoms with Gasteiger partial charge in [0, 0.05) is 43.2 Å². The van der Waals surface area contributed by atoms with E-state index >= 15 is 0 Å². The van der Waals surface area contributed by atoms with E-state index in [1.807, 2.05) is 40.1 Å². The van der Waals surface area contributed by atoms with E-state index in [0.717, 1.165) is 42.6 Å². The number of hydrogen-bond donors (Lipinski definition) is 1. The van der Waals surface area contributed by atoms with Crippen molar-refractivity contribution in [3.05, 3.63) is 12.4 Å². The SMILES string of the molecule is CC1(C)OB(c2cnc(SCC3CCN(CCN)C3)nc2)OC1(C)C. The van der Waals surface area contributed by atoms with Gasteiger partial charge in [-0.1, -0.05) is 11.8 Å². The summed E-state index contributed by atoms with van der Waals surface area (Å²) >= 11 is 1.73. The van der Waals surface area contributed by atoms with Crippen LogP contribution in [0.4, 0.5) is 0 Å². The van der Waals surface area contributed by atoms with Gasteiger partial charge in [0.15, 0.2) is 5.16 Å². The Morgan fingerprint density at radius 1 is 1.24 bits per heavy atom. The summed E-state index contributed by atoms with van der Waals surface area (Å²) in [5.74, 6) is 1.75. The van der Waals surface area contributed by atoms with Crippen molar-refractivity contribution < 1.29 is 9.31 Å². The third-order valence-corrected chi connectivity index (χ3v) is 6.54. The molecule has 138 valence electrons. The molecular formula is C17H29BN4O2S. The fourth-order valence-electron chi connectivity index (χ4n) is 3.13. The lowest BCUT2D eigenvalue weighted by atomic mass is 9.81. The Morgan fingerprint density at radius 2 is 1.88 bits per heavy atom. The summed E-state index contributed by atoms with van der Waals surface area (Å²) in [5.41, 5.74) is 5.82. The molecule has 25 heavy (non-hydrogen) atoms. The predicted molar refractivity (Wildman–Crippen MR) is 102 cm³/mol. The standard InChI is InChI=1S/C17H29BN4O2S/c1-16(2)17(3,4)24-18(23-16)14-9-20-15(21-10-14)25-12-13-5-7-22(11-13)8-6-19/h9-10,13H,5-8,11-12,19H2,1-4H3. The van der Waals surface area contributed by atoms with E-state index in [4.69, 9.17) is 15.0 Å².